The van der Waals surface area contributed by atoms with Gasteiger partial charge < -0.3 is 19.7 Å². The Labute approximate surface area is 277 Å². The van der Waals surface area contributed by atoms with Gasteiger partial charge in [-0.25, -0.2) is 8.42 Å². The van der Waals surface area contributed by atoms with Crippen LogP contribution >= 0.6 is 0 Å². The normalized spacial score (nSPS) is 13.4. The summed E-state index contributed by atoms with van der Waals surface area (Å²) < 4.78 is 41.0. The third-order valence-electron chi connectivity index (χ3n) is 7.63. The van der Waals surface area contributed by atoms with Gasteiger partial charge in [-0.2, -0.15) is 0 Å². The van der Waals surface area contributed by atoms with Crippen molar-refractivity contribution >= 4 is 27.5 Å². The molecule has 9 nitrogen and oxygen atoms in total. The highest BCUT2D eigenvalue weighted by molar-refractivity contribution is 7.92. The molecular weight excluding hydrogens is 614 g/mol. The molecular formula is C37H41N3O6S. The van der Waals surface area contributed by atoms with Gasteiger partial charge in [-0.05, 0) is 63.1 Å². The number of carbonyl (C=O) groups excluding carboxylic acids is 2. The molecule has 1 N–H and O–H groups in total. The standard InChI is InChI=1S/C37H41N3O6S/c1-27-12-11-15-29(22-27)25-39(32(36(42)38-37(2,3)4)23-28-13-7-5-8-14-28)35(41)26-40(47(43,44)31-16-9-6-10-17-31)30-18-19-33-34(24-30)46-21-20-45-33/h5-19,22,24,32H,20-21,23,25-26H2,1-4H3,(H,38,42). The Morgan fingerprint density at radius 2 is 1.45 bits per heavy atom. The average molecular weight is 656 g/mol. The first kappa shape index (κ1) is 33.5. The van der Waals surface area contributed by atoms with E-state index in [9.17, 15) is 18.0 Å². The number of benzene rings is 4. The van der Waals surface area contributed by atoms with Crippen molar-refractivity contribution in [2.75, 3.05) is 24.1 Å². The number of carbonyl (C=O) groups is 2. The fourth-order valence-corrected chi connectivity index (χ4v) is 6.88. The highest BCUT2D eigenvalue weighted by Crippen LogP contribution is 2.36. The van der Waals surface area contributed by atoms with Crippen LogP contribution in [0.3, 0.4) is 0 Å². The van der Waals surface area contributed by atoms with E-state index in [-0.39, 0.29) is 29.5 Å². The largest absolute Gasteiger partial charge is 0.486 e. The molecule has 0 spiro atoms. The lowest BCUT2D eigenvalue weighted by Gasteiger charge is -2.35. The molecule has 0 aliphatic carbocycles. The molecule has 10 heteroatoms. The summed E-state index contributed by atoms with van der Waals surface area (Å²) in [7, 11) is -4.23. The van der Waals surface area contributed by atoms with E-state index in [1.807, 2.05) is 82.3 Å². The summed E-state index contributed by atoms with van der Waals surface area (Å²) >= 11 is 0. The second-order valence-corrected chi connectivity index (χ2v) is 14.5. The monoisotopic (exact) mass is 655 g/mol. The van der Waals surface area contributed by atoms with Crippen molar-refractivity contribution in [3.05, 3.63) is 120 Å². The highest BCUT2D eigenvalue weighted by Gasteiger charge is 2.36. The Morgan fingerprint density at radius 3 is 2.11 bits per heavy atom. The Bertz CT molecular complexity index is 1810. The number of hydrogen-bond donors (Lipinski definition) is 1. The number of amides is 2. The zero-order chi connectivity index (χ0) is 33.6. The quantitative estimate of drug-likeness (QED) is 0.228. The zero-order valence-electron chi connectivity index (χ0n) is 27.2. The molecule has 2 amide bonds. The number of nitrogens with one attached hydrogen (secondary N) is 1. The fraction of sp³-hybridized carbons (Fsp3) is 0.297. The fourth-order valence-electron chi connectivity index (χ4n) is 5.45. The van der Waals surface area contributed by atoms with Gasteiger partial charge in [0.25, 0.3) is 10.0 Å². The van der Waals surface area contributed by atoms with E-state index in [0.717, 1.165) is 21.0 Å². The number of sulfonamides is 1. The molecule has 1 aliphatic rings. The van der Waals surface area contributed by atoms with E-state index in [2.05, 4.69) is 5.32 Å². The summed E-state index contributed by atoms with van der Waals surface area (Å²) in [6.07, 6.45) is 0.232. The topological polar surface area (TPSA) is 105 Å². The Morgan fingerprint density at radius 1 is 0.809 bits per heavy atom. The van der Waals surface area contributed by atoms with Gasteiger partial charge in [-0.3, -0.25) is 13.9 Å². The summed E-state index contributed by atoms with van der Waals surface area (Å²) in [5.41, 5.74) is 2.35. The molecule has 4 aromatic rings. The molecule has 0 radical (unpaired) electrons. The van der Waals surface area contributed by atoms with Gasteiger partial charge in [0.15, 0.2) is 11.5 Å². The van der Waals surface area contributed by atoms with Crippen LogP contribution in [0, 0.1) is 6.92 Å². The van der Waals surface area contributed by atoms with E-state index in [0.29, 0.717) is 24.7 Å². The van der Waals surface area contributed by atoms with Gasteiger partial charge in [-0.1, -0.05) is 78.4 Å². The van der Waals surface area contributed by atoms with Crippen LogP contribution < -0.4 is 19.1 Å². The molecule has 1 aliphatic heterocycles. The minimum atomic E-state index is -4.23. The zero-order valence-corrected chi connectivity index (χ0v) is 28.0. The number of nitrogens with zero attached hydrogens (tertiary/aromatic N) is 2. The SMILES string of the molecule is Cc1cccc(CN(C(=O)CN(c2ccc3c(c2)OCCO3)S(=O)(=O)c2ccccc2)C(Cc2ccccc2)C(=O)NC(C)(C)C)c1. The maximum atomic E-state index is 14.7. The third kappa shape index (κ3) is 8.51. The van der Waals surface area contributed by atoms with Crippen molar-refractivity contribution in [3.8, 4) is 11.5 Å². The van der Waals surface area contributed by atoms with Crippen LogP contribution in [-0.2, 0) is 32.6 Å². The second-order valence-electron chi connectivity index (χ2n) is 12.6. The maximum absolute atomic E-state index is 14.7. The van der Waals surface area contributed by atoms with Gasteiger partial charge >= 0.3 is 0 Å². The summed E-state index contributed by atoms with van der Waals surface area (Å²) in [5.74, 6) is 0.00821. The lowest BCUT2D eigenvalue weighted by molar-refractivity contribution is -0.140. The number of aryl methyl sites for hydroxylation is 1. The first-order valence-electron chi connectivity index (χ1n) is 15.6. The molecule has 0 saturated heterocycles. The minimum absolute atomic E-state index is 0.0271. The Kier molecular flexibility index (Phi) is 10.2. The summed E-state index contributed by atoms with van der Waals surface area (Å²) in [6.45, 7) is 7.83. The first-order chi connectivity index (χ1) is 22.4. The number of rotatable bonds is 11. The van der Waals surface area contributed by atoms with Crippen LogP contribution in [0.1, 0.15) is 37.5 Å². The van der Waals surface area contributed by atoms with E-state index in [1.54, 1.807) is 36.4 Å². The highest BCUT2D eigenvalue weighted by atomic mass is 32.2. The smallest absolute Gasteiger partial charge is 0.264 e. The molecule has 1 atom stereocenters. The minimum Gasteiger partial charge on any atom is -0.486 e. The van der Waals surface area contributed by atoms with E-state index in [4.69, 9.17) is 9.47 Å². The first-order valence-corrected chi connectivity index (χ1v) is 17.0. The predicted octanol–water partition coefficient (Wildman–Crippen LogP) is 5.52. The van der Waals surface area contributed by atoms with Crippen LogP contribution in [0.15, 0.2) is 108 Å². The van der Waals surface area contributed by atoms with Crippen LogP contribution in [-0.4, -0.2) is 56.5 Å². The van der Waals surface area contributed by atoms with Gasteiger partial charge in [0.1, 0.15) is 25.8 Å². The lowest BCUT2D eigenvalue weighted by Crippen LogP contribution is -2.56. The molecule has 1 heterocycles. The predicted molar refractivity (Wildman–Crippen MR) is 182 cm³/mol. The number of hydrogen-bond acceptors (Lipinski definition) is 6. The number of anilines is 1. The maximum Gasteiger partial charge on any atom is 0.264 e. The van der Waals surface area contributed by atoms with Crippen molar-refractivity contribution in [2.24, 2.45) is 0 Å². The van der Waals surface area contributed by atoms with Crippen LogP contribution in [0.5, 0.6) is 11.5 Å². The van der Waals surface area contributed by atoms with E-state index >= 15 is 0 Å². The van der Waals surface area contributed by atoms with Crippen molar-refractivity contribution in [1.82, 2.24) is 10.2 Å². The van der Waals surface area contributed by atoms with Crippen LogP contribution in [0.4, 0.5) is 5.69 Å². The van der Waals surface area contributed by atoms with Crippen molar-refractivity contribution in [2.45, 2.75) is 57.1 Å². The van der Waals surface area contributed by atoms with Gasteiger partial charge in [0.05, 0.1) is 10.6 Å². The summed E-state index contributed by atoms with van der Waals surface area (Å²) in [5, 5.41) is 3.05. The van der Waals surface area contributed by atoms with Crippen molar-refractivity contribution in [1.29, 1.82) is 0 Å². The second kappa shape index (κ2) is 14.3. The molecule has 4 aromatic carbocycles. The molecule has 0 saturated carbocycles. The molecule has 1 unspecified atom stereocenters. The van der Waals surface area contributed by atoms with Crippen LogP contribution in [0.25, 0.3) is 0 Å². The molecule has 47 heavy (non-hydrogen) atoms. The van der Waals surface area contributed by atoms with Crippen LogP contribution in [0.2, 0.25) is 0 Å². The molecule has 0 aromatic heterocycles. The summed E-state index contributed by atoms with van der Waals surface area (Å²) in [6, 6.07) is 29.0. The van der Waals surface area contributed by atoms with Gasteiger partial charge in [0, 0.05) is 24.6 Å². The average Bonchev–Trinajstić information content (AvgIpc) is 3.05. The Balaban J connectivity index is 1.60. The molecule has 0 fully saturated rings. The summed E-state index contributed by atoms with van der Waals surface area (Å²) in [4.78, 5) is 30.2. The van der Waals surface area contributed by atoms with E-state index in [1.165, 1.54) is 17.0 Å². The van der Waals surface area contributed by atoms with Gasteiger partial charge in [0.2, 0.25) is 11.8 Å². The lowest BCUT2D eigenvalue weighted by atomic mass is 10.0. The molecule has 246 valence electrons. The third-order valence-corrected chi connectivity index (χ3v) is 9.42. The van der Waals surface area contributed by atoms with Crippen molar-refractivity contribution in [3.63, 3.8) is 0 Å². The van der Waals surface area contributed by atoms with E-state index < -0.39 is 34.1 Å². The Hall–Kier alpha value is -4.83. The van der Waals surface area contributed by atoms with Crippen molar-refractivity contribution < 1.29 is 27.5 Å². The molecule has 0 bridgehead atoms. The number of fused-ring (bicyclic) bond motifs is 1. The molecule has 5 rings (SSSR count). The number of ether oxygens (including phenoxy) is 2. The van der Waals surface area contributed by atoms with Gasteiger partial charge in [-0.15, -0.1) is 0 Å².